The van der Waals surface area contributed by atoms with Crippen LogP contribution in [0.3, 0.4) is 0 Å². The molecule has 0 amide bonds. The second-order valence-electron chi connectivity index (χ2n) is 9.30. The van der Waals surface area contributed by atoms with Crippen LogP contribution in [0.15, 0.2) is 53.4 Å². The van der Waals surface area contributed by atoms with Gasteiger partial charge >= 0.3 is 0 Å². The second kappa shape index (κ2) is 10.4. The number of fused-ring (bicyclic) bond motifs is 1. The predicted octanol–water partition coefficient (Wildman–Crippen LogP) is 6.03. The molecule has 6 nitrogen and oxygen atoms in total. The van der Waals surface area contributed by atoms with E-state index in [1.807, 2.05) is 24.3 Å². The van der Waals surface area contributed by atoms with E-state index in [0.717, 1.165) is 68.4 Å². The molecule has 2 aliphatic rings. The van der Waals surface area contributed by atoms with E-state index < -0.39 is 10.0 Å². The highest BCUT2D eigenvalue weighted by atomic mass is 35.5. The molecule has 0 aliphatic heterocycles. The Labute approximate surface area is 216 Å². The maximum absolute atomic E-state index is 12.7. The summed E-state index contributed by atoms with van der Waals surface area (Å²) >= 11 is 12.0. The van der Waals surface area contributed by atoms with Crippen molar-refractivity contribution in [3.63, 3.8) is 0 Å². The fraction of sp³-hybridized carbons (Fsp3) is 0.385. The quantitative estimate of drug-likeness (QED) is 0.406. The van der Waals surface area contributed by atoms with Crippen molar-refractivity contribution in [2.45, 2.75) is 68.3 Å². The fourth-order valence-electron chi connectivity index (χ4n) is 4.89. The lowest BCUT2D eigenvalue weighted by atomic mass is 9.91. The van der Waals surface area contributed by atoms with Crippen LogP contribution in [0.25, 0.3) is 11.4 Å². The van der Waals surface area contributed by atoms with Crippen molar-refractivity contribution in [1.82, 2.24) is 14.7 Å². The molecule has 2 N–H and O–H groups in total. The predicted molar refractivity (Wildman–Crippen MR) is 141 cm³/mol. The molecule has 0 bridgehead atoms. The number of aryl methyl sites for hydroxylation is 1. The van der Waals surface area contributed by atoms with E-state index in [-0.39, 0.29) is 17.0 Å². The molecule has 1 aromatic heterocycles. The highest BCUT2D eigenvalue weighted by molar-refractivity contribution is 7.89. The summed E-state index contributed by atoms with van der Waals surface area (Å²) in [5.41, 5.74) is 3.30. The Bertz CT molecular complexity index is 1290. The Morgan fingerprint density at radius 1 is 0.771 bits per heavy atom. The zero-order chi connectivity index (χ0) is 24.4. The van der Waals surface area contributed by atoms with E-state index >= 15 is 0 Å². The number of nitrogens with zero attached hydrogens (tertiary/aromatic N) is 2. The van der Waals surface area contributed by atoms with Crippen molar-refractivity contribution >= 4 is 39.0 Å². The Hall–Kier alpha value is -2.19. The third-order valence-corrected chi connectivity index (χ3v) is 8.84. The van der Waals surface area contributed by atoms with Crippen LogP contribution in [0.5, 0.6) is 0 Å². The second-order valence-corrected chi connectivity index (χ2v) is 11.9. The number of halogens is 2. The SMILES string of the molecule is O=S(=O)(NC1CCC(Nc2nc(-c3ccc(Cl)cc3)nc3c2CCCC3)CC1)c1ccc(Cl)cc1. The van der Waals surface area contributed by atoms with E-state index in [1.54, 1.807) is 12.1 Å². The molecule has 1 fully saturated rings. The molecule has 2 aromatic carbocycles. The van der Waals surface area contributed by atoms with Gasteiger partial charge in [-0.3, -0.25) is 0 Å². The molecule has 0 atom stereocenters. The summed E-state index contributed by atoms with van der Waals surface area (Å²) in [7, 11) is -3.56. The number of nitrogens with one attached hydrogen (secondary N) is 2. The number of aromatic nitrogens is 2. The molecule has 0 spiro atoms. The first kappa shape index (κ1) is 24.5. The molecule has 0 unspecified atom stereocenters. The van der Waals surface area contributed by atoms with Crippen LogP contribution < -0.4 is 10.0 Å². The largest absolute Gasteiger partial charge is 0.367 e. The third kappa shape index (κ3) is 5.80. The number of anilines is 1. The van der Waals surface area contributed by atoms with E-state index in [1.165, 1.54) is 17.7 Å². The van der Waals surface area contributed by atoms with E-state index in [0.29, 0.717) is 15.9 Å². The molecule has 1 saturated carbocycles. The number of benzene rings is 2. The first-order chi connectivity index (χ1) is 16.9. The van der Waals surface area contributed by atoms with Crippen molar-refractivity contribution in [1.29, 1.82) is 0 Å². The van der Waals surface area contributed by atoms with Gasteiger partial charge in [-0.1, -0.05) is 23.2 Å². The van der Waals surface area contributed by atoms with Gasteiger partial charge in [-0.15, -0.1) is 0 Å². The minimum Gasteiger partial charge on any atom is -0.367 e. The normalized spacial score (nSPS) is 20.3. The highest BCUT2D eigenvalue weighted by Crippen LogP contribution is 2.31. The minimum absolute atomic E-state index is 0.0855. The Kier molecular flexibility index (Phi) is 7.30. The molecular weight excluding hydrogens is 503 g/mol. The van der Waals surface area contributed by atoms with Gasteiger partial charge in [0.2, 0.25) is 10.0 Å². The number of sulfonamides is 1. The summed E-state index contributed by atoms with van der Waals surface area (Å²) in [6, 6.07) is 14.0. The minimum atomic E-state index is -3.56. The number of hydrogen-bond acceptors (Lipinski definition) is 5. The summed E-state index contributed by atoms with van der Waals surface area (Å²) in [5.74, 6) is 1.64. The molecule has 184 valence electrons. The molecule has 5 rings (SSSR count). The van der Waals surface area contributed by atoms with Gasteiger partial charge in [0, 0.05) is 38.9 Å². The van der Waals surface area contributed by atoms with Crippen molar-refractivity contribution in [2.24, 2.45) is 0 Å². The molecular formula is C26H28Cl2N4O2S. The monoisotopic (exact) mass is 530 g/mol. The van der Waals surface area contributed by atoms with Gasteiger partial charge in [-0.25, -0.2) is 23.1 Å². The van der Waals surface area contributed by atoms with Crippen molar-refractivity contribution in [2.75, 3.05) is 5.32 Å². The summed E-state index contributed by atoms with van der Waals surface area (Å²) < 4.78 is 28.4. The van der Waals surface area contributed by atoms with Gasteiger partial charge in [0.1, 0.15) is 5.82 Å². The third-order valence-electron chi connectivity index (χ3n) is 6.80. The van der Waals surface area contributed by atoms with Crippen LogP contribution in [-0.2, 0) is 22.9 Å². The van der Waals surface area contributed by atoms with Gasteiger partial charge in [-0.2, -0.15) is 0 Å². The molecule has 0 radical (unpaired) electrons. The Balaban J connectivity index is 1.27. The topological polar surface area (TPSA) is 84.0 Å². The lowest BCUT2D eigenvalue weighted by Gasteiger charge is -2.31. The first-order valence-electron chi connectivity index (χ1n) is 12.1. The smallest absolute Gasteiger partial charge is 0.240 e. The summed E-state index contributed by atoms with van der Waals surface area (Å²) in [6.45, 7) is 0. The van der Waals surface area contributed by atoms with Gasteiger partial charge in [0.05, 0.1) is 4.90 Å². The van der Waals surface area contributed by atoms with Crippen LogP contribution in [0.4, 0.5) is 5.82 Å². The highest BCUT2D eigenvalue weighted by Gasteiger charge is 2.27. The zero-order valence-corrected chi connectivity index (χ0v) is 21.6. The number of rotatable bonds is 6. The molecule has 9 heteroatoms. The van der Waals surface area contributed by atoms with Gasteiger partial charge in [0.25, 0.3) is 0 Å². The van der Waals surface area contributed by atoms with Gasteiger partial charge in [-0.05, 0) is 99.9 Å². The zero-order valence-electron chi connectivity index (χ0n) is 19.3. The van der Waals surface area contributed by atoms with E-state index in [9.17, 15) is 8.42 Å². The van der Waals surface area contributed by atoms with Crippen molar-refractivity contribution < 1.29 is 8.42 Å². The van der Waals surface area contributed by atoms with Crippen molar-refractivity contribution in [3.05, 3.63) is 69.8 Å². The molecule has 1 heterocycles. The maximum Gasteiger partial charge on any atom is 0.240 e. The van der Waals surface area contributed by atoms with Crippen LogP contribution in [-0.4, -0.2) is 30.5 Å². The summed E-state index contributed by atoms with van der Waals surface area (Å²) in [5, 5.41) is 4.89. The lowest BCUT2D eigenvalue weighted by molar-refractivity contribution is 0.386. The Morgan fingerprint density at radius 2 is 1.37 bits per heavy atom. The van der Waals surface area contributed by atoms with Gasteiger partial charge < -0.3 is 5.32 Å². The molecule has 2 aliphatic carbocycles. The van der Waals surface area contributed by atoms with E-state index in [2.05, 4.69) is 10.0 Å². The fourth-order valence-corrected chi connectivity index (χ4v) is 6.45. The van der Waals surface area contributed by atoms with E-state index in [4.69, 9.17) is 33.2 Å². The summed E-state index contributed by atoms with van der Waals surface area (Å²) in [4.78, 5) is 10.0. The molecule has 3 aromatic rings. The van der Waals surface area contributed by atoms with Crippen LogP contribution in [0, 0.1) is 0 Å². The van der Waals surface area contributed by atoms with Crippen LogP contribution in [0.2, 0.25) is 10.0 Å². The number of hydrogen-bond donors (Lipinski definition) is 2. The average Bonchev–Trinajstić information content (AvgIpc) is 2.86. The Morgan fingerprint density at radius 3 is 2.06 bits per heavy atom. The average molecular weight is 532 g/mol. The van der Waals surface area contributed by atoms with Gasteiger partial charge in [0.15, 0.2) is 5.82 Å². The maximum atomic E-state index is 12.7. The lowest BCUT2D eigenvalue weighted by Crippen LogP contribution is -2.40. The standard InChI is InChI=1S/C26H28Cl2N4O2S/c27-18-7-5-17(6-8-18)25-30-24-4-2-1-3-23(24)26(31-25)29-20-11-13-21(14-12-20)32-35(33,34)22-15-9-19(28)10-16-22/h5-10,15-16,20-21,32H,1-4,11-14H2,(H,29,30,31). The molecule has 0 saturated heterocycles. The summed E-state index contributed by atoms with van der Waals surface area (Å²) in [6.07, 6.45) is 7.49. The van der Waals surface area contributed by atoms with Crippen LogP contribution >= 0.6 is 23.2 Å². The van der Waals surface area contributed by atoms with Crippen molar-refractivity contribution in [3.8, 4) is 11.4 Å². The van der Waals surface area contributed by atoms with Crippen LogP contribution in [0.1, 0.15) is 49.8 Å². The molecule has 35 heavy (non-hydrogen) atoms. The first-order valence-corrected chi connectivity index (χ1v) is 14.3.